The number of thiophene rings is 1. The molecule has 0 amide bonds. The SMILES string of the molecule is O=c1c2ccc(-c3cccc4sc5ccc(-n6c7ccccc7c7cc(-c8cccc(-c9ccccc9)c8)ccc76)cc5c34)cc2c2cc(-c3ccccc3)cc3c4ccccc4n1c23. The lowest BCUT2D eigenvalue weighted by molar-refractivity contribution is 1.19. The number of hydrogen-bond acceptors (Lipinski definition) is 2. The molecule has 0 bridgehead atoms. The fraction of sp³-hybridized carbons (Fsp3) is 0. The summed E-state index contributed by atoms with van der Waals surface area (Å²) in [5.74, 6) is 0. The van der Waals surface area contributed by atoms with Gasteiger partial charge in [-0.25, -0.2) is 0 Å². The van der Waals surface area contributed by atoms with Gasteiger partial charge in [-0.05, 0) is 129 Å². The van der Waals surface area contributed by atoms with Crippen LogP contribution in [0.2, 0.25) is 0 Å². The maximum Gasteiger partial charge on any atom is 0.263 e. The second-order valence-electron chi connectivity index (χ2n) is 17.2. The summed E-state index contributed by atoms with van der Waals surface area (Å²) >= 11 is 1.83. The zero-order valence-corrected chi connectivity index (χ0v) is 35.8. The molecule has 0 N–H and O–H groups in total. The number of fused-ring (bicyclic) bond motifs is 11. The number of pyridine rings is 1. The highest BCUT2D eigenvalue weighted by atomic mass is 32.1. The summed E-state index contributed by atoms with van der Waals surface area (Å²) < 4.78 is 6.84. The third-order valence-electron chi connectivity index (χ3n) is 13.6. The van der Waals surface area contributed by atoms with Crippen molar-refractivity contribution in [3.8, 4) is 50.2 Å². The standard InChI is InChI=1S/C61H36N2OS/c64-61-48-28-25-42(33-49(48)52-35-43(38-15-5-2-6-16-38)34-51-47-20-8-10-23-55(47)63(61)60(51)52)45-21-12-24-58-59(45)53-36-44(27-30-57(53)65-58)62-54-22-9-7-19-46(54)50-32-41(26-29-56(50)62)40-18-11-17-39(31-40)37-13-3-1-4-14-37/h1-36H. The van der Waals surface area contributed by atoms with Crippen LogP contribution in [0.5, 0.6) is 0 Å². The molecule has 0 spiro atoms. The minimum Gasteiger partial charge on any atom is -0.309 e. The van der Waals surface area contributed by atoms with Gasteiger partial charge in [0, 0.05) is 58.2 Å². The lowest BCUT2D eigenvalue weighted by Gasteiger charge is -2.12. The van der Waals surface area contributed by atoms with Gasteiger partial charge in [-0.3, -0.25) is 9.20 Å². The summed E-state index contributed by atoms with van der Waals surface area (Å²) in [6.07, 6.45) is 0. The lowest BCUT2D eigenvalue weighted by atomic mass is 9.94. The molecule has 0 saturated carbocycles. The Morgan fingerprint density at radius 1 is 0.323 bits per heavy atom. The molecular weight excluding hydrogens is 809 g/mol. The molecule has 0 aliphatic heterocycles. The van der Waals surface area contributed by atoms with Gasteiger partial charge in [0.2, 0.25) is 0 Å². The van der Waals surface area contributed by atoms with Gasteiger partial charge in [0.1, 0.15) is 0 Å². The van der Waals surface area contributed by atoms with Crippen molar-refractivity contribution < 1.29 is 0 Å². The van der Waals surface area contributed by atoms with Crippen molar-refractivity contribution >= 4 is 91.3 Å². The van der Waals surface area contributed by atoms with Crippen LogP contribution in [0.25, 0.3) is 130 Å². The van der Waals surface area contributed by atoms with Crippen molar-refractivity contribution in [1.29, 1.82) is 0 Å². The number of hydrogen-bond donors (Lipinski definition) is 0. The second-order valence-corrected chi connectivity index (χ2v) is 18.3. The average molecular weight is 845 g/mol. The molecule has 302 valence electrons. The van der Waals surface area contributed by atoms with Crippen molar-refractivity contribution in [2.45, 2.75) is 0 Å². The van der Waals surface area contributed by atoms with E-state index in [1.807, 2.05) is 21.8 Å². The highest BCUT2D eigenvalue weighted by molar-refractivity contribution is 7.26. The lowest BCUT2D eigenvalue weighted by Crippen LogP contribution is -2.13. The van der Waals surface area contributed by atoms with Gasteiger partial charge in [0.05, 0.1) is 22.1 Å². The van der Waals surface area contributed by atoms with E-state index in [1.54, 1.807) is 0 Å². The van der Waals surface area contributed by atoms with Gasteiger partial charge < -0.3 is 4.57 Å². The highest BCUT2D eigenvalue weighted by Crippen LogP contribution is 2.44. The van der Waals surface area contributed by atoms with Crippen LogP contribution in [-0.4, -0.2) is 8.97 Å². The first-order valence-corrected chi connectivity index (χ1v) is 22.9. The van der Waals surface area contributed by atoms with E-state index in [4.69, 9.17) is 0 Å². The van der Waals surface area contributed by atoms with E-state index >= 15 is 0 Å². The quantitative estimate of drug-likeness (QED) is 0.159. The van der Waals surface area contributed by atoms with Crippen LogP contribution >= 0.6 is 11.3 Å². The molecule has 65 heavy (non-hydrogen) atoms. The summed E-state index contributed by atoms with van der Waals surface area (Å²) in [4.78, 5) is 14.6. The van der Waals surface area contributed by atoms with Gasteiger partial charge in [-0.15, -0.1) is 11.3 Å². The van der Waals surface area contributed by atoms with Crippen LogP contribution in [0.4, 0.5) is 0 Å². The Morgan fingerprint density at radius 3 is 1.71 bits per heavy atom. The maximum atomic E-state index is 14.6. The summed E-state index contributed by atoms with van der Waals surface area (Å²) in [6, 6.07) is 78.6. The normalized spacial score (nSPS) is 12.1. The monoisotopic (exact) mass is 844 g/mol. The van der Waals surface area contributed by atoms with Crippen molar-refractivity contribution in [2.75, 3.05) is 0 Å². The largest absolute Gasteiger partial charge is 0.309 e. The molecule has 0 saturated heterocycles. The van der Waals surface area contributed by atoms with E-state index in [2.05, 4.69) is 217 Å². The van der Waals surface area contributed by atoms with Crippen LogP contribution < -0.4 is 5.56 Å². The molecule has 0 aliphatic carbocycles. The minimum absolute atomic E-state index is 0.0144. The number of rotatable bonds is 5. The smallest absolute Gasteiger partial charge is 0.263 e. The Hall–Kier alpha value is -8.31. The molecule has 14 rings (SSSR count). The van der Waals surface area contributed by atoms with Crippen LogP contribution in [0.15, 0.2) is 223 Å². The van der Waals surface area contributed by atoms with Gasteiger partial charge in [-0.2, -0.15) is 0 Å². The zero-order valence-electron chi connectivity index (χ0n) is 35.0. The number of para-hydroxylation sites is 2. The zero-order chi connectivity index (χ0) is 42.8. The first kappa shape index (κ1) is 36.2. The van der Waals surface area contributed by atoms with Crippen LogP contribution in [-0.2, 0) is 0 Å². The molecular formula is C61H36N2OS. The third kappa shape index (κ3) is 5.38. The van der Waals surface area contributed by atoms with E-state index in [1.165, 1.54) is 64.2 Å². The van der Waals surface area contributed by atoms with E-state index in [9.17, 15) is 4.79 Å². The Kier molecular flexibility index (Phi) is 7.71. The number of aromatic nitrogens is 2. The van der Waals surface area contributed by atoms with Crippen LogP contribution in [0.1, 0.15) is 0 Å². The molecule has 4 heterocycles. The molecule has 0 unspecified atom stereocenters. The maximum absolute atomic E-state index is 14.6. The predicted molar refractivity (Wildman–Crippen MR) is 276 cm³/mol. The molecule has 0 radical (unpaired) electrons. The molecule has 10 aromatic carbocycles. The fourth-order valence-electron chi connectivity index (χ4n) is 10.7. The van der Waals surface area contributed by atoms with Crippen LogP contribution in [0.3, 0.4) is 0 Å². The summed E-state index contributed by atoms with van der Waals surface area (Å²) in [5.41, 5.74) is 14.8. The molecule has 4 heteroatoms. The second kappa shape index (κ2) is 13.8. The molecule has 14 aromatic rings. The fourth-order valence-corrected chi connectivity index (χ4v) is 11.8. The number of nitrogens with zero attached hydrogens (tertiary/aromatic N) is 2. The van der Waals surface area contributed by atoms with E-state index in [0.29, 0.717) is 0 Å². The van der Waals surface area contributed by atoms with E-state index in [-0.39, 0.29) is 5.56 Å². The van der Waals surface area contributed by atoms with Crippen molar-refractivity contribution in [2.24, 2.45) is 0 Å². The van der Waals surface area contributed by atoms with Crippen molar-refractivity contribution in [1.82, 2.24) is 8.97 Å². The number of benzene rings is 10. The Balaban J connectivity index is 0.958. The Bertz CT molecular complexity index is 4310. The molecule has 3 nitrogen and oxygen atoms in total. The van der Waals surface area contributed by atoms with Gasteiger partial charge in [0.25, 0.3) is 5.56 Å². The van der Waals surface area contributed by atoms with Crippen LogP contribution in [0, 0.1) is 0 Å². The van der Waals surface area contributed by atoms with Gasteiger partial charge in [0.15, 0.2) is 0 Å². The molecule has 0 atom stereocenters. The predicted octanol–water partition coefficient (Wildman–Crippen LogP) is 16.3. The molecule has 4 aromatic heterocycles. The summed E-state index contributed by atoms with van der Waals surface area (Å²) in [7, 11) is 0. The summed E-state index contributed by atoms with van der Waals surface area (Å²) in [6.45, 7) is 0. The first-order chi connectivity index (χ1) is 32.1. The van der Waals surface area contributed by atoms with Gasteiger partial charge >= 0.3 is 0 Å². The topological polar surface area (TPSA) is 26.4 Å². The summed E-state index contributed by atoms with van der Waals surface area (Å²) in [5, 5.41) is 9.87. The molecule has 0 aliphatic rings. The van der Waals surface area contributed by atoms with E-state index in [0.717, 1.165) is 65.9 Å². The van der Waals surface area contributed by atoms with E-state index < -0.39 is 0 Å². The molecule has 0 fully saturated rings. The third-order valence-corrected chi connectivity index (χ3v) is 14.8. The minimum atomic E-state index is 0.0144. The Labute approximate surface area is 377 Å². The van der Waals surface area contributed by atoms with Gasteiger partial charge in [-0.1, -0.05) is 140 Å². The first-order valence-electron chi connectivity index (χ1n) is 22.1. The average Bonchev–Trinajstić information content (AvgIpc) is 4.03. The highest BCUT2D eigenvalue weighted by Gasteiger charge is 2.21. The van der Waals surface area contributed by atoms with Crippen molar-refractivity contribution in [3.05, 3.63) is 229 Å². The Morgan fingerprint density at radius 2 is 0.908 bits per heavy atom. The van der Waals surface area contributed by atoms with Crippen molar-refractivity contribution in [3.63, 3.8) is 0 Å².